The summed E-state index contributed by atoms with van der Waals surface area (Å²) in [6, 6.07) is 30.3. The molecule has 0 saturated heterocycles. The molecule has 0 aliphatic rings. The van der Waals surface area contributed by atoms with Crippen LogP contribution in [0.2, 0.25) is 0 Å². The van der Waals surface area contributed by atoms with Crippen LogP contribution in [-0.4, -0.2) is 30.4 Å². The maximum atomic E-state index is 13.0. The monoisotopic (exact) mass is 529 g/mol. The quantitative estimate of drug-likeness (QED) is 0.217. The van der Waals surface area contributed by atoms with E-state index >= 15 is 0 Å². The van der Waals surface area contributed by atoms with Crippen molar-refractivity contribution in [2.45, 2.75) is 33.9 Å². The van der Waals surface area contributed by atoms with Crippen LogP contribution in [0.5, 0.6) is 0 Å². The normalized spacial score (nSPS) is 11.0. The van der Waals surface area contributed by atoms with Gasteiger partial charge in [0.05, 0.1) is 0 Å². The first kappa shape index (κ1) is 26.9. The van der Waals surface area contributed by atoms with Crippen molar-refractivity contribution in [3.63, 3.8) is 0 Å². The Morgan fingerprint density at radius 1 is 0.825 bits per heavy atom. The van der Waals surface area contributed by atoms with Crippen LogP contribution in [0.4, 0.5) is 5.69 Å². The van der Waals surface area contributed by atoms with Crippen molar-refractivity contribution >= 4 is 28.3 Å². The predicted molar refractivity (Wildman–Crippen MR) is 164 cm³/mol. The zero-order valence-corrected chi connectivity index (χ0v) is 23.8. The predicted octanol–water partition coefficient (Wildman–Crippen LogP) is 7.17. The average Bonchev–Trinajstić information content (AvgIpc) is 3.20. The fraction of sp³-hybridized carbons (Fsp3) is 0.200. The molecular formula is C35H35N3O2. The van der Waals surface area contributed by atoms with E-state index in [0.29, 0.717) is 12.1 Å². The SMILES string of the molecule is CC(=O)c1ccccc1-c1ccc(Cn2c(C)c(C)c3cc(C(=O)NCc4ccc(N(C)C)cc4)ccc32)cc1. The van der Waals surface area contributed by atoms with Gasteiger partial charge in [0.2, 0.25) is 0 Å². The number of aromatic nitrogens is 1. The molecule has 5 heteroatoms. The van der Waals surface area contributed by atoms with Crippen LogP contribution < -0.4 is 10.2 Å². The second kappa shape index (κ2) is 11.2. The van der Waals surface area contributed by atoms with Crippen molar-refractivity contribution in [3.05, 3.63) is 125 Å². The van der Waals surface area contributed by atoms with E-state index in [-0.39, 0.29) is 11.7 Å². The van der Waals surface area contributed by atoms with E-state index < -0.39 is 0 Å². The van der Waals surface area contributed by atoms with E-state index in [1.165, 1.54) is 16.8 Å². The third-order valence-corrected chi connectivity index (χ3v) is 7.72. The van der Waals surface area contributed by atoms with Crippen LogP contribution >= 0.6 is 0 Å². The number of aryl methyl sites for hydroxylation is 1. The van der Waals surface area contributed by atoms with E-state index in [1.807, 2.05) is 68.7 Å². The Balaban J connectivity index is 1.34. The summed E-state index contributed by atoms with van der Waals surface area (Å²) < 4.78 is 2.30. The van der Waals surface area contributed by atoms with Gasteiger partial charge in [0, 0.05) is 60.6 Å². The van der Waals surface area contributed by atoms with Crippen LogP contribution in [0.3, 0.4) is 0 Å². The third-order valence-electron chi connectivity index (χ3n) is 7.72. The highest BCUT2D eigenvalue weighted by Crippen LogP contribution is 2.29. The number of nitrogens with zero attached hydrogens (tertiary/aromatic N) is 2. The molecule has 0 radical (unpaired) electrons. The molecule has 1 amide bonds. The minimum absolute atomic E-state index is 0.0660. The summed E-state index contributed by atoms with van der Waals surface area (Å²) in [5, 5.41) is 4.15. The molecule has 0 atom stereocenters. The molecule has 40 heavy (non-hydrogen) atoms. The van der Waals surface area contributed by atoms with Gasteiger partial charge >= 0.3 is 0 Å². The number of hydrogen-bond acceptors (Lipinski definition) is 3. The molecule has 0 bridgehead atoms. The van der Waals surface area contributed by atoms with Gasteiger partial charge in [-0.25, -0.2) is 0 Å². The number of fused-ring (bicyclic) bond motifs is 1. The second-order valence-corrected chi connectivity index (χ2v) is 10.6. The first-order chi connectivity index (χ1) is 19.2. The van der Waals surface area contributed by atoms with Crippen LogP contribution in [-0.2, 0) is 13.1 Å². The summed E-state index contributed by atoms with van der Waals surface area (Å²) in [6.07, 6.45) is 0. The molecule has 1 aromatic heterocycles. The molecule has 5 rings (SSSR count). The minimum Gasteiger partial charge on any atom is -0.378 e. The van der Waals surface area contributed by atoms with Crippen molar-refractivity contribution < 1.29 is 9.59 Å². The van der Waals surface area contributed by atoms with Gasteiger partial charge in [-0.2, -0.15) is 0 Å². The Morgan fingerprint density at radius 3 is 2.17 bits per heavy atom. The summed E-state index contributed by atoms with van der Waals surface area (Å²) in [6.45, 7) is 7.05. The Morgan fingerprint density at radius 2 is 1.50 bits per heavy atom. The van der Waals surface area contributed by atoms with Gasteiger partial charge in [-0.3, -0.25) is 9.59 Å². The summed E-state index contributed by atoms with van der Waals surface area (Å²) in [7, 11) is 4.02. The summed E-state index contributed by atoms with van der Waals surface area (Å²) in [5.41, 5.74) is 10.2. The molecule has 0 fully saturated rings. The zero-order valence-electron chi connectivity index (χ0n) is 23.8. The lowest BCUT2D eigenvalue weighted by atomic mass is 9.97. The van der Waals surface area contributed by atoms with Crippen LogP contribution in [0.15, 0.2) is 91.0 Å². The molecular weight excluding hydrogens is 494 g/mol. The maximum Gasteiger partial charge on any atom is 0.251 e. The Hall–Kier alpha value is -4.64. The molecule has 0 saturated carbocycles. The highest BCUT2D eigenvalue weighted by Gasteiger charge is 2.15. The number of ketones is 1. The average molecular weight is 530 g/mol. The second-order valence-electron chi connectivity index (χ2n) is 10.6. The highest BCUT2D eigenvalue weighted by atomic mass is 16.1. The number of hydrogen-bond donors (Lipinski definition) is 1. The fourth-order valence-electron chi connectivity index (χ4n) is 5.21. The van der Waals surface area contributed by atoms with Gasteiger partial charge in [0.15, 0.2) is 5.78 Å². The van der Waals surface area contributed by atoms with Gasteiger partial charge < -0.3 is 14.8 Å². The lowest BCUT2D eigenvalue weighted by molar-refractivity contribution is 0.0950. The number of amides is 1. The Bertz CT molecular complexity index is 1690. The Kier molecular flexibility index (Phi) is 7.56. The lowest BCUT2D eigenvalue weighted by Gasteiger charge is -2.13. The van der Waals surface area contributed by atoms with Crippen molar-refractivity contribution in [2.24, 2.45) is 0 Å². The number of carbonyl (C=O) groups is 2. The maximum absolute atomic E-state index is 13.0. The first-order valence-corrected chi connectivity index (χ1v) is 13.6. The van der Waals surface area contributed by atoms with Gasteiger partial charge in [-0.15, -0.1) is 0 Å². The molecule has 0 aliphatic carbocycles. The summed E-state index contributed by atoms with van der Waals surface area (Å²) in [4.78, 5) is 27.1. The number of nitrogens with one attached hydrogen (secondary N) is 1. The molecule has 0 aliphatic heterocycles. The van der Waals surface area contributed by atoms with Gasteiger partial charge in [0.25, 0.3) is 5.91 Å². The van der Waals surface area contributed by atoms with E-state index in [9.17, 15) is 9.59 Å². The molecule has 1 N–H and O–H groups in total. The van der Waals surface area contributed by atoms with Crippen molar-refractivity contribution in [1.29, 1.82) is 0 Å². The molecule has 202 valence electrons. The number of anilines is 1. The fourth-order valence-corrected chi connectivity index (χ4v) is 5.21. The minimum atomic E-state index is -0.0789. The van der Waals surface area contributed by atoms with Crippen molar-refractivity contribution in [3.8, 4) is 11.1 Å². The molecule has 5 nitrogen and oxygen atoms in total. The van der Waals surface area contributed by atoms with E-state index in [4.69, 9.17) is 0 Å². The topological polar surface area (TPSA) is 54.3 Å². The van der Waals surface area contributed by atoms with Gasteiger partial charge in [0.1, 0.15) is 0 Å². The molecule has 0 unspecified atom stereocenters. The molecule has 1 heterocycles. The number of Topliss-reactive ketones (excluding diaryl/α,β-unsaturated/α-hetero) is 1. The molecule has 4 aromatic carbocycles. The third kappa shape index (κ3) is 5.41. The van der Waals surface area contributed by atoms with Crippen molar-refractivity contribution in [2.75, 3.05) is 19.0 Å². The number of benzene rings is 4. The molecule has 0 spiro atoms. The van der Waals surface area contributed by atoms with E-state index in [2.05, 4.69) is 65.0 Å². The van der Waals surface area contributed by atoms with Crippen molar-refractivity contribution in [1.82, 2.24) is 9.88 Å². The smallest absolute Gasteiger partial charge is 0.251 e. The highest BCUT2D eigenvalue weighted by molar-refractivity contribution is 6.01. The lowest BCUT2D eigenvalue weighted by Crippen LogP contribution is -2.22. The summed E-state index contributed by atoms with van der Waals surface area (Å²) >= 11 is 0. The van der Waals surface area contributed by atoms with Crippen LogP contribution in [0.25, 0.3) is 22.0 Å². The van der Waals surface area contributed by atoms with Gasteiger partial charge in [-0.05, 0) is 78.9 Å². The Labute approximate surface area is 236 Å². The van der Waals surface area contributed by atoms with E-state index in [1.54, 1.807) is 6.92 Å². The standard InChI is InChI=1S/C35H35N3O2/c1-23-24(2)38(22-27-10-14-28(15-11-27)32-9-7-6-8-31(32)25(3)39)34-19-16-29(20-33(23)34)35(40)36-21-26-12-17-30(18-13-26)37(4)5/h6-20H,21-22H2,1-5H3,(H,36,40). The zero-order chi connectivity index (χ0) is 28.4. The molecule has 5 aromatic rings. The largest absolute Gasteiger partial charge is 0.378 e. The van der Waals surface area contributed by atoms with Crippen LogP contribution in [0.1, 0.15) is 50.0 Å². The first-order valence-electron chi connectivity index (χ1n) is 13.6. The van der Waals surface area contributed by atoms with Crippen LogP contribution in [0, 0.1) is 13.8 Å². The van der Waals surface area contributed by atoms with E-state index in [0.717, 1.165) is 45.4 Å². The van der Waals surface area contributed by atoms with Gasteiger partial charge in [-0.1, -0.05) is 60.7 Å². The summed E-state index contributed by atoms with van der Waals surface area (Å²) in [5.74, 6) is -0.0129. The number of carbonyl (C=O) groups excluding carboxylic acids is 2. The number of rotatable bonds is 8.